The zero-order chi connectivity index (χ0) is 18.0. The summed E-state index contributed by atoms with van der Waals surface area (Å²) in [5.74, 6) is 0. The van der Waals surface area contributed by atoms with E-state index in [1.807, 2.05) is 42.5 Å². The van der Waals surface area contributed by atoms with Crippen molar-refractivity contribution in [3.8, 4) is 5.69 Å². The maximum Gasteiger partial charge on any atom is 0.143 e. The molecule has 2 atom stereocenters. The molecule has 134 valence electrons. The van der Waals surface area contributed by atoms with Crippen LogP contribution < -0.4 is 5.32 Å². The first-order chi connectivity index (χ1) is 12.7. The van der Waals surface area contributed by atoms with Crippen molar-refractivity contribution in [2.75, 3.05) is 6.54 Å². The molecule has 1 aliphatic rings. The molecule has 4 rings (SSSR count). The van der Waals surface area contributed by atoms with Crippen LogP contribution in [0.3, 0.4) is 0 Å². The maximum atomic E-state index is 10.8. The minimum absolute atomic E-state index is 0.0397. The Labute approximate surface area is 152 Å². The van der Waals surface area contributed by atoms with Gasteiger partial charge in [0.05, 0.1) is 11.8 Å². The van der Waals surface area contributed by atoms with Crippen LogP contribution in [0, 0.1) is 5.41 Å². The molecule has 1 aromatic heterocycles. The number of aliphatic hydroxyl groups excluding tert-OH is 1. The molecule has 0 radical (unpaired) electrons. The molecule has 1 fully saturated rings. The van der Waals surface area contributed by atoms with Gasteiger partial charge >= 0.3 is 0 Å². The van der Waals surface area contributed by atoms with Crippen molar-refractivity contribution in [3.05, 3.63) is 72.1 Å². The Hall–Kier alpha value is -2.57. The largest absolute Gasteiger partial charge is 0.388 e. The third-order valence-electron chi connectivity index (χ3n) is 5.35. The Morgan fingerprint density at radius 1 is 1.08 bits per heavy atom. The summed E-state index contributed by atoms with van der Waals surface area (Å²) in [6.07, 6.45) is 3.28. The van der Waals surface area contributed by atoms with Crippen molar-refractivity contribution in [2.24, 2.45) is 5.41 Å². The molecule has 6 nitrogen and oxygen atoms in total. The van der Waals surface area contributed by atoms with Crippen molar-refractivity contribution in [1.29, 1.82) is 0 Å². The summed E-state index contributed by atoms with van der Waals surface area (Å²) in [4.78, 5) is 0. The van der Waals surface area contributed by atoms with Crippen LogP contribution in [0.1, 0.15) is 43.0 Å². The van der Waals surface area contributed by atoms with Crippen LogP contribution in [-0.2, 0) is 0 Å². The molecular weight excluding hydrogens is 326 g/mol. The van der Waals surface area contributed by atoms with E-state index in [2.05, 4.69) is 39.9 Å². The lowest BCUT2D eigenvalue weighted by Crippen LogP contribution is -2.30. The van der Waals surface area contributed by atoms with E-state index in [0.29, 0.717) is 0 Å². The summed E-state index contributed by atoms with van der Waals surface area (Å²) < 4.78 is 1.64. The number of rotatable bonds is 7. The van der Waals surface area contributed by atoms with Gasteiger partial charge in [0.15, 0.2) is 0 Å². The average molecular weight is 349 g/mol. The standard InChI is InChI=1S/C20H23N5O/c1-15(16-7-9-18(10-8-16)25-14-22-23-24-25)21-13-20(11-12-20)19(26)17-5-3-2-4-6-17/h2-10,14-15,19,21,26H,11-13H2,1H3. The minimum atomic E-state index is -0.411. The van der Waals surface area contributed by atoms with Gasteiger partial charge in [-0.05, 0) is 53.5 Å². The van der Waals surface area contributed by atoms with E-state index in [1.54, 1.807) is 11.0 Å². The lowest BCUT2D eigenvalue weighted by Gasteiger charge is -2.25. The number of nitrogens with zero attached hydrogens (tertiary/aromatic N) is 4. The topological polar surface area (TPSA) is 75.9 Å². The molecule has 0 saturated heterocycles. The van der Waals surface area contributed by atoms with Gasteiger partial charge < -0.3 is 10.4 Å². The fraction of sp³-hybridized carbons (Fsp3) is 0.350. The van der Waals surface area contributed by atoms with E-state index in [-0.39, 0.29) is 11.5 Å². The molecule has 6 heteroatoms. The summed E-state index contributed by atoms with van der Waals surface area (Å²) in [6, 6.07) is 18.4. The zero-order valence-electron chi connectivity index (χ0n) is 14.8. The van der Waals surface area contributed by atoms with Gasteiger partial charge in [0.1, 0.15) is 6.33 Å². The summed E-state index contributed by atoms with van der Waals surface area (Å²) in [5.41, 5.74) is 3.10. The Morgan fingerprint density at radius 3 is 2.42 bits per heavy atom. The first kappa shape index (κ1) is 16.9. The van der Waals surface area contributed by atoms with Crippen LogP contribution in [0.2, 0.25) is 0 Å². The van der Waals surface area contributed by atoms with Crippen LogP contribution >= 0.6 is 0 Å². The molecule has 2 N–H and O–H groups in total. The first-order valence-electron chi connectivity index (χ1n) is 8.98. The van der Waals surface area contributed by atoms with Crippen LogP contribution in [0.25, 0.3) is 5.69 Å². The molecule has 1 saturated carbocycles. The smallest absolute Gasteiger partial charge is 0.143 e. The van der Waals surface area contributed by atoms with Crippen LogP contribution in [0.4, 0.5) is 0 Å². The fourth-order valence-corrected chi connectivity index (χ4v) is 3.37. The molecule has 0 spiro atoms. The van der Waals surface area contributed by atoms with Gasteiger partial charge in [-0.1, -0.05) is 42.5 Å². The Morgan fingerprint density at radius 2 is 1.81 bits per heavy atom. The van der Waals surface area contributed by atoms with Gasteiger partial charge in [0.25, 0.3) is 0 Å². The number of benzene rings is 2. The molecule has 0 bridgehead atoms. The highest BCUT2D eigenvalue weighted by Crippen LogP contribution is 2.54. The fourth-order valence-electron chi connectivity index (χ4n) is 3.37. The number of aromatic nitrogens is 4. The first-order valence-corrected chi connectivity index (χ1v) is 8.98. The summed E-state index contributed by atoms with van der Waals surface area (Å²) in [6.45, 7) is 2.95. The van der Waals surface area contributed by atoms with Crippen LogP contribution in [0.5, 0.6) is 0 Å². The van der Waals surface area contributed by atoms with Crippen molar-refractivity contribution >= 4 is 0 Å². The maximum absolute atomic E-state index is 10.8. The molecule has 1 aliphatic carbocycles. The SMILES string of the molecule is CC(NCC1(C(O)c2ccccc2)CC1)c1ccc(-n2cnnn2)cc1. The minimum Gasteiger partial charge on any atom is -0.388 e. The summed E-state index contributed by atoms with van der Waals surface area (Å²) in [7, 11) is 0. The molecule has 1 heterocycles. The molecule has 0 aliphatic heterocycles. The predicted octanol–water partition coefficient (Wildman–Crippen LogP) is 2.83. The van der Waals surface area contributed by atoms with Gasteiger partial charge in [0.2, 0.25) is 0 Å². The van der Waals surface area contributed by atoms with E-state index < -0.39 is 6.10 Å². The summed E-state index contributed by atoms with van der Waals surface area (Å²) in [5, 5.41) is 25.6. The van der Waals surface area contributed by atoms with Gasteiger partial charge in [-0.2, -0.15) is 0 Å². The number of hydrogen-bond donors (Lipinski definition) is 2. The Bertz CT molecular complexity index is 828. The van der Waals surface area contributed by atoms with Gasteiger partial charge in [-0.15, -0.1) is 5.10 Å². The second kappa shape index (κ2) is 6.97. The third-order valence-corrected chi connectivity index (χ3v) is 5.35. The van der Waals surface area contributed by atoms with Gasteiger partial charge in [-0.3, -0.25) is 0 Å². The second-order valence-corrected chi connectivity index (χ2v) is 7.12. The molecule has 3 aromatic rings. The quantitative estimate of drug-likeness (QED) is 0.686. The Kier molecular flexibility index (Phi) is 4.53. The van der Waals surface area contributed by atoms with E-state index in [1.165, 1.54) is 5.56 Å². The normalized spacial score (nSPS) is 17.6. The summed E-state index contributed by atoms with van der Waals surface area (Å²) >= 11 is 0. The average Bonchev–Trinajstić information content (AvgIpc) is 3.29. The Balaban J connectivity index is 1.38. The number of tetrazole rings is 1. The van der Waals surface area contributed by atoms with E-state index in [9.17, 15) is 5.11 Å². The lowest BCUT2D eigenvalue weighted by atomic mass is 9.92. The lowest BCUT2D eigenvalue weighted by molar-refractivity contribution is 0.0903. The van der Waals surface area contributed by atoms with Gasteiger partial charge in [0, 0.05) is 18.0 Å². The van der Waals surface area contributed by atoms with E-state index in [0.717, 1.165) is 30.6 Å². The van der Waals surface area contributed by atoms with Crippen molar-refractivity contribution < 1.29 is 5.11 Å². The molecule has 2 unspecified atom stereocenters. The highest BCUT2D eigenvalue weighted by Gasteiger charge is 2.49. The third kappa shape index (κ3) is 3.38. The monoisotopic (exact) mass is 349 g/mol. The zero-order valence-corrected chi connectivity index (χ0v) is 14.8. The van der Waals surface area contributed by atoms with Crippen molar-refractivity contribution in [1.82, 2.24) is 25.5 Å². The van der Waals surface area contributed by atoms with Crippen molar-refractivity contribution in [3.63, 3.8) is 0 Å². The van der Waals surface area contributed by atoms with E-state index in [4.69, 9.17) is 0 Å². The second-order valence-electron chi connectivity index (χ2n) is 7.12. The highest BCUT2D eigenvalue weighted by molar-refractivity contribution is 5.34. The number of nitrogens with one attached hydrogen (secondary N) is 1. The molecular formula is C20H23N5O. The highest BCUT2D eigenvalue weighted by atomic mass is 16.3. The molecule has 0 amide bonds. The van der Waals surface area contributed by atoms with E-state index >= 15 is 0 Å². The number of aliphatic hydroxyl groups is 1. The van der Waals surface area contributed by atoms with Crippen molar-refractivity contribution in [2.45, 2.75) is 31.9 Å². The van der Waals surface area contributed by atoms with Gasteiger partial charge in [-0.25, -0.2) is 4.68 Å². The molecule has 2 aromatic carbocycles. The van der Waals surface area contributed by atoms with Crippen LogP contribution in [0.15, 0.2) is 60.9 Å². The predicted molar refractivity (Wildman–Crippen MR) is 98.6 cm³/mol. The number of hydrogen-bond acceptors (Lipinski definition) is 5. The molecule has 26 heavy (non-hydrogen) atoms. The van der Waals surface area contributed by atoms with Crippen LogP contribution in [-0.4, -0.2) is 31.9 Å².